The van der Waals surface area contributed by atoms with Crippen LogP contribution in [0, 0.1) is 0 Å². The van der Waals surface area contributed by atoms with Gasteiger partial charge in [0.2, 0.25) is 0 Å². The predicted molar refractivity (Wildman–Crippen MR) is 107 cm³/mol. The molecule has 3 aromatic rings. The molecule has 0 bridgehead atoms. The van der Waals surface area contributed by atoms with Crippen LogP contribution in [0.25, 0.3) is 0 Å². The van der Waals surface area contributed by atoms with Gasteiger partial charge in [0, 0.05) is 10.6 Å². The third-order valence-electron chi connectivity index (χ3n) is 4.18. The highest BCUT2D eigenvalue weighted by molar-refractivity contribution is 7.80. The van der Waals surface area contributed by atoms with Crippen LogP contribution >= 0.6 is 7.92 Å². The minimum atomic E-state index is -5.16. The summed E-state index contributed by atoms with van der Waals surface area (Å²) in [5.41, 5.74) is -0.583. The summed E-state index contributed by atoms with van der Waals surface area (Å²) in [5.74, 6) is 1.11. The van der Waals surface area contributed by atoms with Gasteiger partial charge < -0.3 is 22.4 Å². The molecule has 140 valence electrons. The zero-order valence-corrected chi connectivity index (χ0v) is 15.8. The van der Waals surface area contributed by atoms with Gasteiger partial charge in [-0.2, -0.15) is 0 Å². The van der Waals surface area contributed by atoms with Crippen LogP contribution in [0.1, 0.15) is 0 Å². The van der Waals surface area contributed by atoms with E-state index in [-0.39, 0.29) is 5.30 Å². The summed E-state index contributed by atoms with van der Waals surface area (Å²) in [4.78, 5) is 0. The van der Waals surface area contributed by atoms with Gasteiger partial charge in [-0.05, 0) is 25.4 Å². The van der Waals surface area contributed by atoms with Crippen LogP contribution in [0.5, 0.6) is 11.5 Å². The van der Waals surface area contributed by atoms with Crippen LogP contribution < -0.4 is 30.9 Å². The van der Waals surface area contributed by atoms with Crippen LogP contribution in [-0.2, 0) is 0 Å². The molecule has 3 aromatic carbocycles. The highest BCUT2D eigenvalue weighted by atomic mass is 31.1. The Labute approximate surface area is 157 Å². The van der Waals surface area contributed by atoms with E-state index in [9.17, 15) is 12.9 Å². The van der Waals surface area contributed by atoms with Crippen molar-refractivity contribution >= 4 is 36.3 Å². The quantitative estimate of drug-likeness (QED) is 0.475. The molecule has 0 amide bonds. The topological polar surface area (TPSA) is 18.5 Å². The third-order valence-corrected chi connectivity index (χ3v) is 6.77. The number of methoxy groups -OCH3 is 2. The number of hydrogen-bond acceptors (Lipinski definition) is 2. The summed E-state index contributed by atoms with van der Waals surface area (Å²) in [6, 6.07) is 20.2. The van der Waals surface area contributed by atoms with Crippen molar-refractivity contribution < 1.29 is 22.4 Å². The Morgan fingerprint density at radius 2 is 1.04 bits per heavy atom. The summed E-state index contributed by atoms with van der Waals surface area (Å²) in [5, 5.41) is 1.67. The smallest absolute Gasteiger partial charge is 0.496 e. The lowest BCUT2D eigenvalue weighted by Crippen LogP contribution is -2.45. The van der Waals surface area contributed by atoms with Crippen molar-refractivity contribution in [2.75, 3.05) is 14.2 Å². The Balaban J connectivity index is 2.34. The van der Waals surface area contributed by atoms with Crippen molar-refractivity contribution in [3.05, 3.63) is 72.8 Å². The van der Waals surface area contributed by atoms with Gasteiger partial charge in [-0.15, -0.1) is 5.46 Å². The van der Waals surface area contributed by atoms with Gasteiger partial charge in [0.15, 0.2) is 0 Å². The lowest BCUT2D eigenvalue weighted by Gasteiger charge is -2.28. The van der Waals surface area contributed by atoms with Crippen LogP contribution in [0.4, 0.5) is 12.9 Å². The Hall–Kier alpha value is -2.46. The van der Waals surface area contributed by atoms with E-state index in [1.807, 2.05) is 24.3 Å². The zero-order valence-electron chi connectivity index (χ0n) is 14.9. The minimum absolute atomic E-state index is 0.244. The molecule has 27 heavy (non-hydrogen) atoms. The lowest BCUT2D eigenvalue weighted by atomic mass is 9.80. The van der Waals surface area contributed by atoms with Gasteiger partial charge in [0.25, 0.3) is 0 Å². The Kier molecular flexibility index (Phi) is 5.76. The second kappa shape index (κ2) is 8.05. The van der Waals surface area contributed by atoms with Gasteiger partial charge in [-0.25, -0.2) is 0 Å². The summed E-state index contributed by atoms with van der Waals surface area (Å²) < 4.78 is 52.4. The Morgan fingerprint density at radius 3 is 1.48 bits per heavy atom. The van der Waals surface area contributed by atoms with Crippen molar-refractivity contribution in [3.8, 4) is 11.5 Å². The molecular weight excluding hydrogens is 371 g/mol. The third kappa shape index (κ3) is 3.96. The van der Waals surface area contributed by atoms with E-state index in [1.54, 1.807) is 36.4 Å². The van der Waals surface area contributed by atoms with Gasteiger partial charge in [-0.1, -0.05) is 60.7 Å². The summed E-state index contributed by atoms with van der Waals surface area (Å²) in [7, 11) is 1.51. The van der Waals surface area contributed by atoms with Crippen molar-refractivity contribution in [2.45, 2.75) is 0 Å². The number of benzene rings is 3. The van der Waals surface area contributed by atoms with Crippen LogP contribution in [0.15, 0.2) is 72.8 Å². The second-order valence-corrected chi connectivity index (χ2v) is 7.93. The molecular formula is C20H18BF3O2P-. The molecule has 0 N–H and O–H groups in total. The molecule has 0 aliphatic rings. The molecule has 2 nitrogen and oxygen atoms in total. The summed E-state index contributed by atoms with van der Waals surface area (Å²) in [6.07, 6.45) is 0. The Morgan fingerprint density at radius 1 is 0.630 bits per heavy atom. The molecule has 0 fully saturated rings. The normalized spacial score (nSPS) is 11.5. The molecule has 0 heterocycles. The maximum absolute atomic E-state index is 13.8. The molecule has 0 radical (unpaired) electrons. The van der Waals surface area contributed by atoms with E-state index in [4.69, 9.17) is 9.47 Å². The summed E-state index contributed by atoms with van der Waals surface area (Å²) >= 11 is 0. The zero-order chi connectivity index (χ0) is 19.4. The van der Waals surface area contributed by atoms with Gasteiger partial charge in [0.1, 0.15) is 11.5 Å². The highest BCUT2D eigenvalue weighted by Gasteiger charge is 2.33. The molecule has 3 rings (SSSR count). The molecule has 0 aromatic heterocycles. The first-order chi connectivity index (χ1) is 13.0. The first kappa shape index (κ1) is 19.3. The fourth-order valence-electron chi connectivity index (χ4n) is 2.99. The monoisotopic (exact) mass is 389 g/mol. The molecule has 0 unspecified atom stereocenters. The maximum Gasteiger partial charge on any atom is 0.510 e. The van der Waals surface area contributed by atoms with Crippen molar-refractivity contribution in [2.24, 2.45) is 0 Å². The largest absolute Gasteiger partial charge is 0.510 e. The number of rotatable bonds is 6. The molecule has 7 heteroatoms. The van der Waals surface area contributed by atoms with Gasteiger partial charge in [0.05, 0.1) is 14.2 Å². The highest BCUT2D eigenvalue weighted by Crippen LogP contribution is 2.39. The van der Waals surface area contributed by atoms with E-state index in [0.29, 0.717) is 22.1 Å². The molecule has 0 saturated carbocycles. The van der Waals surface area contributed by atoms with Gasteiger partial charge >= 0.3 is 6.98 Å². The average molecular weight is 389 g/mol. The minimum Gasteiger partial charge on any atom is -0.496 e. The molecule has 0 aliphatic heterocycles. The molecule has 0 atom stereocenters. The summed E-state index contributed by atoms with van der Waals surface area (Å²) in [6.45, 7) is -5.16. The van der Waals surface area contributed by atoms with Crippen LogP contribution in [0.2, 0.25) is 0 Å². The number of ether oxygens (including phenoxy) is 2. The second-order valence-electron chi connectivity index (χ2n) is 5.81. The SMILES string of the molecule is COc1ccccc1P(c1ccccc1OC)c1ccccc1[B-](F)(F)F. The number of halogens is 3. The average Bonchev–Trinajstić information content (AvgIpc) is 2.68. The number of para-hydroxylation sites is 2. The van der Waals surface area contributed by atoms with Crippen molar-refractivity contribution in [1.82, 2.24) is 0 Å². The molecule has 0 saturated heterocycles. The lowest BCUT2D eigenvalue weighted by molar-refractivity contribution is 0.417. The van der Waals surface area contributed by atoms with E-state index in [2.05, 4.69) is 0 Å². The van der Waals surface area contributed by atoms with E-state index in [1.165, 1.54) is 20.3 Å². The fourth-order valence-corrected chi connectivity index (χ4v) is 5.72. The van der Waals surface area contributed by atoms with Crippen molar-refractivity contribution in [1.29, 1.82) is 0 Å². The fraction of sp³-hybridized carbons (Fsp3) is 0.100. The number of hydrogen-bond donors (Lipinski definition) is 0. The van der Waals surface area contributed by atoms with E-state index < -0.39 is 20.4 Å². The van der Waals surface area contributed by atoms with Crippen LogP contribution in [-0.4, -0.2) is 21.2 Å². The standard InChI is InChI=1S/C20H18BF3O2P/c1-25-16-10-4-7-13-19(16)27(20-14-8-5-11-17(20)26-2)18-12-6-3-9-15(18)21(22,23)24/h3-14H,1-2H3/q-1. The van der Waals surface area contributed by atoms with Gasteiger partial charge in [-0.3, -0.25) is 0 Å². The van der Waals surface area contributed by atoms with Crippen LogP contribution in [0.3, 0.4) is 0 Å². The molecule has 0 aliphatic carbocycles. The first-order valence-electron chi connectivity index (χ1n) is 8.32. The van der Waals surface area contributed by atoms with E-state index >= 15 is 0 Å². The predicted octanol–water partition coefficient (Wildman–Crippen LogP) is 3.52. The molecule has 0 spiro atoms. The van der Waals surface area contributed by atoms with Crippen molar-refractivity contribution in [3.63, 3.8) is 0 Å². The van der Waals surface area contributed by atoms with E-state index in [0.717, 1.165) is 6.07 Å². The Bertz CT molecular complexity index is 883. The first-order valence-corrected chi connectivity index (χ1v) is 9.66. The maximum atomic E-state index is 13.8.